The maximum atomic E-state index is 5.43. The number of guanidine groups is 1. The standard InChI is InChI=1S/C20H30N4O2S/c1-7-16-12-23-19(27-16)8-9-22-20(21-3)24(4)13-15-11-18(26-6)17(25-5)10-14(15)2/h10-12H,7-9,13H2,1-6H3,(H,21,22). The highest BCUT2D eigenvalue weighted by Gasteiger charge is 2.12. The van der Waals surface area contributed by atoms with E-state index in [9.17, 15) is 0 Å². The van der Waals surface area contributed by atoms with Gasteiger partial charge in [0.15, 0.2) is 17.5 Å². The van der Waals surface area contributed by atoms with E-state index < -0.39 is 0 Å². The van der Waals surface area contributed by atoms with Crippen LogP contribution in [0.5, 0.6) is 11.5 Å². The predicted molar refractivity (Wildman–Crippen MR) is 112 cm³/mol. The molecular weight excluding hydrogens is 360 g/mol. The summed E-state index contributed by atoms with van der Waals surface area (Å²) in [5.41, 5.74) is 2.33. The molecule has 7 heteroatoms. The van der Waals surface area contributed by atoms with Crippen molar-refractivity contribution >= 4 is 17.3 Å². The third-order valence-corrected chi connectivity index (χ3v) is 5.60. The van der Waals surface area contributed by atoms with E-state index in [1.165, 1.54) is 10.4 Å². The Morgan fingerprint density at radius 1 is 1.26 bits per heavy atom. The number of rotatable bonds is 8. The lowest BCUT2D eigenvalue weighted by Gasteiger charge is -2.23. The fraction of sp³-hybridized carbons (Fsp3) is 0.500. The summed E-state index contributed by atoms with van der Waals surface area (Å²) in [6.45, 7) is 5.76. The van der Waals surface area contributed by atoms with Gasteiger partial charge in [-0.05, 0) is 36.6 Å². The molecule has 0 spiro atoms. The number of aryl methyl sites for hydroxylation is 2. The van der Waals surface area contributed by atoms with Gasteiger partial charge in [-0.3, -0.25) is 4.99 Å². The van der Waals surface area contributed by atoms with E-state index in [1.807, 2.05) is 25.4 Å². The van der Waals surface area contributed by atoms with Crippen molar-refractivity contribution in [1.82, 2.24) is 15.2 Å². The molecule has 0 aliphatic heterocycles. The van der Waals surface area contributed by atoms with Crippen LogP contribution < -0.4 is 14.8 Å². The van der Waals surface area contributed by atoms with Gasteiger partial charge in [-0.15, -0.1) is 11.3 Å². The zero-order valence-corrected chi connectivity index (χ0v) is 17.9. The number of benzene rings is 1. The molecule has 0 amide bonds. The summed E-state index contributed by atoms with van der Waals surface area (Å²) in [4.78, 5) is 12.3. The Hall–Kier alpha value is -2.28. The summed E-state index contributed by atoms with van der Waals surface area (Å²) in [6.07, 6.45) is 3.91. The fourth-order valence-corrected chi connectivity index (χ4v) is 3.68. The maximum absolute atomic E-state index is 5.43. The van der Waals surface area contributed by atoms with E-state index >= 15 is 0 Å². The quantitative estimate of drug-likeness (QED) is 0.554. The zero-order valence-electron chi connectivity index (χ0n) is 17.1. The molecule has 0 fully saturated rings. The van der Waals surface area contributed by atoms with Crippen molar-refractivity contribution in [3.05, 3.63) is 39.3 Å². The molecular formula is C20H30N4O2S. The van der Waals surface area contributed by atoms with Crippen LogP contribution in [-0.4, -0.2) is 50.7 Å². The van der Waals surface area contributed by atoms with Gasteiger partial charge in [-0.2, -0.15) is 0 Å². The van der Waals surface area contributed by atoms with Crippen LogP contribution in [0.1, 0.15) is 27.9 Å². The largest absolute Gasteiger partial charge is 0.493 e. The monoisotopic (exact) mass is 390 g/mol. The third-order valence-electron chi connectivity index (χ3n) is 4.39. The Morgan fingerprint density at radius 3 is 2.56 bits per heavy atom. The molecule has 0 saturated heterocycles. The van der Waals surface area contributed by atoms with E-state index in [4.69, 9.17) is 9.47 Å². The molecule has 0 saturated carbocycles. The molecule has 0 aliphatic rings. The molecule has 2 aromatic rings. The molecule has 1 aromatic heterocycles. The topological polar surface area (TPSA) is 59.0 Å². The lowest BCUT2D eigenvalue weighted by molar-refractivity contribution is 0.353. The number of aliphatic imine (C=N–C) groups is 1. The molecule has 148 valence electrons. The lowest BCUT2D eigenvalue weighted by Crippen LogP contribution is -2.39. The number of thiazole rings is 1. The molecule has 0 radical (unpaired) electrons. The van der Waals surface area contributed by atoms with Crippen LogP contribution in [-0.2, 0) is 19.4 Å². The highest BCUT2D eigenvalue weighted by molar-refractivity contribution is 7.11. The Morgan fingerprint density at radius 2 is 1.96 bits per heavy atom. The van der Waals surface area contributed by atoms with Crippen molar-refractivity contribution in [2.24, 2.45) is 4.99 Å². The summed E-state index contributed by atoms with van der Waals surface area (Å²) in [5, 5.41) is 4.58. The van der Waals surface area contributed by atoms with Gasteiger partial charge in [0.05, 0.1) is 19.2 Å². The number of methoxy groups -OCH3 is 2. The predicted octanol–water partition coefficient (Wildman–Crippen LogP) is 3.28. The molecule has 6 nitrogen and oxygen atoms in total. The van der Waals surface area contributed by atoms with Gasteiger partial charge in [-0.1, -0.05) is 6.92 Å². The average molecular weight is 391 g/mol. The highest BCUT2D eigenvalue weighted by Crippen LogP contribution is 2.30. The highest BCUT2D eigenvalue weighted by atomic mass is 32.1. The summed E-state index contributed by atoms with van der Waals surface area (Å²) >= 11 is 1.78. The van der Waals surface area contributed by atoms with Crippen LogP contribution in [0.4, 0.5) is 0 Å². The van der Waals surface area contributed by atoms with Gasteiger partial charge in [-0.25, -0.2) is 4.98 Å². The van der Waals surface area contributed by atoms with Gasteiger partial charge in [0.2, 0.25) is 0 Å². The van der Waals surface area contributed by atoms with Crippen LogP contribution >= 0.6 is 11.3 Å². The molecule has 27 heavy (non-hydrogen) atoms. The van der Waals surface area contributed by atoms with E-state index in [2.05, 4.69) is 34.0 Å². The number of nitrogens with one attached hydrogen (secondary N) is 1. The van der Waals surface area contributed by atoms with Gasteiger partial charge >= 0.3 is 0 Å². The summed E-state index contributed by atoms with van der Waals surface area (Å²) in [6, 6.07) is 4.03. The molecule has 1 heterocycles. The molecule has 0 aliphatic carbocycles. The number of hydrogen-bond acceptors (Lipinski definition) is 5. The second kappa shape index (κ2) is 10.2. The number of nitrogens with zero attached hydrogens (tertiary/aromatic N) is 3. The Kier molecular flexibility index (Phi) is 7.91. The third kappa shape index (κ3) is 5.60. The Balaban J connectivity index is 1.97. The SMILES string of the molecule is CCc1cnc(CCNC(=NC)N(C)Cc2cc(OC)c(OC)cc2C)s1. The van der Waals surface area contributed by atoms with E-state index in [-0.39, 0.29) is 0 Å². The lowest BCUT2D eigenvalue weighted by atomic mass is 10.1. The van der Waals surface area contributed by atoms with Crippen LogP contribution in [0.25, 0.3) is 0 Å². The van der Waals surface area contributed by atoms with Gasteiger partial charge in [0.25, 0.3) is 0 Å². The maximum Gasteiger partial charge on any atom is 0.193 e. The van der Waals surface area contributed by atoms with E-state index in [0.29, 0.717) is 0 Å². The van der Waals surface area contributed by atoms with Crippen LogP contribution in [0, 0.1) is 6.92 Å². The molecule has 1 aromatic carbocycles. The van der Waals surface area contributed by atoms with Gasteiger partial charge < -0.3 is 19.7 Å². The smallest absolute Gasteiger partial charge is 0.193 e. The number of aromatic nitrogens is 1. The molecule has 2 rings (SSSR count). The normalized spacial score (nSPS) is 11.4. The molecule has 1 N–H and O–H groups in total. The zero-order chi connectivity index (χ0) is 19.8. The number of hydrogen-bond donors (Lipinski definition) is 1. The second-order valence-corrected chi connectivity index (χ2v) is 7.49. The van der Waals surface area contributed by atoms with Crippen LogP contribution in [0.3, 0.4) is 0 Å². The van der Waals surface area contributed by atoms with E-state index in [1.54, 1.807) is 32.6 Å². The average Bonchev–Trinajstić information content (AvgIpc) is 3.14. The van der Waals surface area contributed by atoms with Crippen molar-refractivity contribution in [3.8, 4) is 11.5 Å². The number of ether oxygens (including phenoxy) is 2. The first kappa shape index (κ1) is 21.0. The first-order valence-corrected chi connectivity index (χ1v) is 9.90. The van der Waals surface area contributed by atoms with Crippen molar-refractivity contribution in [2.45, 2.75) is 33.2 Å². The molecule has 0 bridgehead atoms. The van der Waals surface area contributed by atoms with Crippen molar-refractivity contribution in [3.63, 3.8) is 0 Å². The van der Waals surface area contributed by atoms with Gasteiger partial charge in [0, 0.05) is 44.7 Å². The molecule has 0 unspecified atom stereocenters. The second-order valence-electron chi connectivity index (χ2n) is 6.29. The molecule has 0 atom stereocenters. The van der Waals surface area contributed by atoms with Crippen molar-refractivity contribution in [1.29, 1.82) is 0 Å². The summed E-state index contributed by atoms with van der Waals surface area (Å²) in [7, 11) is 7.15. The van der Waals surface area contributed by atoms with E-state index in [0.717, 1.165) is 54.0 Å². The minimum Gasteiger partial charge on any atom is -0.493 e. The Labute approximate surface area is 166 Å². The van der Waals surface area contributed by atoms with Crippen molar-refractivity contribution in [2.75, 3.05) is 34.9 Å². The summed E-state index contributed by atoms with van der Waals surface area (Å²) in [5.74, 6) is 2.35. The van der Waals surface area contributed by atoms with Crippen LogP contribution in [0.15, 0.2) is 23.3 Å². The minimum atomic E-state index is 0.725. The van der Waals surface area contributed by atoms with Gasteiger partial charge in [0.1, 0.15) is 0 Å². The first-order chi connectivity index (χ1) is 13.0. The first-order valence-electron chi connectivity index (χ1n) is 9.09. The minimum absolute atomic E-state index is 0.725. The van der Waals surface area contributed by atoms with Crippen LogP contribution in [0.2, 0.25) is 0 Å². The summed E-state index contributed by atoms with van der Waals surface area (Å²) < 4.78 is 10.8. The fourth-order valence-electron chi connectivity index (χ4n) is 2.82. The Bertz CT molecular complexity index is 773. The van der Waals surface area contributed by atoms with Crippen molar-refractivity contribution < 1.29 is 9.47 Å².